The van der Waals surface area contributed by atoms with Crippen LogP contribution in [0.1, 0.15) is 27.2 Å². The van der Waals surface area contributed by atoms with Gasteiger partial charge in [0.25, 0.3) is 0 Å². The van der Waals surface area contributed by atoms with Crippen LogP contribution in [0.15, 0.2) is 0 Å². The molecule has 0 bridgehead atoms. The summed E-state index contributed by atoms with van der Waals surface area (Å²) in [7, 11) is 2.02. The average molecular weight is 229 g/mol. The number of ether oxygens (including phenoxy) is 1. The van der Waals surface area contributed by atoms with Crippen LogP contribution in [0.5, 0.6) is 0 Å². The van der Waals surface area contributed by atoms with E-state index in [1.807, 2.05) is 27.8 Å². The van der Waals surface area contributed by atoms with Gasteiger partial charge in [0.1, 0.15) is 5.60 Å². The van der Waals surface area contributed by atoms with Crippen molar-refractivity contribution in [3.8, 4) is 0 Å². The van der Waals surface area contributed by atoms with Gasteiger partial charge in [-0.15, -0.1) is 0 Å². The summed E-state index contributed by atoms with van der Waals surface area (Å²) in [6.45, 7) is 7.08. The second-order valence-electron chi connectivity index (χ2n) is 5.38. The third-order valence-corrected chi connectivity index (χ3v) is 2.73. The second kappa shape index (κ2) is 5.01. The number of amides is 1. The van der Waals surface area contributed by atoms with Crippen molar-refractivity contribution in [2.24, 2.45) is 5.73 Å². The van der Waals surface area contributed by atoms with Gasteiger partial charge in [-0.05, 0) is 40.8 Å². The largest absolute Gasteiger partial charge is 0.444 e. The van der Waals surface area contributed by atoms with Crippen LogP contribution in [-0.2, 0) is 4.74 Å². The van der Waals surface area contributed by atoms with Crippen LogP contribution in [0.4, 0.5) is 4.79 Å². The van der Waals surface area contributed by atoms with Gasteiger partial charge < -0.3 is 20.7 Å². The molecule has 2 atom stereocenters. The first kappa shape index (κ1) is 13.3. The Labute approximate surface area is 97.3 Å². The molecule has 3 N–H and O–H groups in total. The fraction of sp³-hybridized carbons (Fsp3) is 0.909. The molecule has 0 aromatic heterocycles. The molecule has 0 spiro atoms. The smallest absolute Gasteiger partial charge is 0.407 e. The first-order chi connectivity index (χ1) is 7.29. The Hall–Kier alpha value is -0.810. The Balaban J connectivity index is 2.31. The minimum Gasteiger partial charge on any atom is -0.444 e. The van der Waals surface area contributed by atoms with Crippen molar-refractivity contribution in [2.45, 2.75) is 44.9 Å². The summed E-state index contributed by atoms with van der Waals surface area (Å²) in [4.78, 5) is 13.6. The van der Waals surface area contributed by atoms with E-state index in [4.69, 9.17) is 10.5 Å². The number of hydrogen-bond acceptors (Lipinski definition) is 4. The molecule has 1 aliphatic rings. The van der Waals surface area contributed by atoms with E-state index in [1.54, 1.807) is 0 Å². The maximum Gasteiger partial charge on any atom is 0.407 e. The van der Waals surface area contributed by atoms with Crippen LogP contribution in [-0.4, -0.2) is 48.8 Å². The van der Waals surface area contributed by atoms with Gasteiger partial charge in [-0.25, -0.2) is 4.79 Å². The lowest BCUT2D eigenvalue weighted by Gasteiger charge is -2.24. The first-order valence-electron chi connectivity index (χ1n) is 5.72. The van der Waals surface area contributed by atoms with E-state index in [0.717, 1.165) is 13.0 Å². The molecule has 94 valence electrons. The fourth-order valence-corrected chi connectivity index (χ4v) is 1.85. The highest BCUT2D eigenvalue weighted by molar-refractivity contribution is 5.67. The molecular weight excluding hydrogens is 206 g/mol. The highest BCUT2D eigenvalue weighted by Crippen LogP contribution is 2.13. The maximum absolute atomic E-state index is 11.4. The Morgan fingerprint density at radius 3 is 2.62 bits per heavy atom. The van der Waals surface area contributed by atoms with E-state index in [9.17, 15) is 4.79 Å². The van der Waals surface area contributed by atoms with E-state index in [-0.39, 0.29) is 18.2 Å². The van der Waals surface area contributed by atoms with Crippen molar-refractivity contribution < 1.29 is 9.53 Å². The molecule has 1 saturated heterocycles. The Kier molecular flexibility index (Phi) is 4.15. The van der Waals surface area contributed by atoms with E-state index in [1.165, 1.54) is 0 Å². The van der Waals surface area contributed by atoms with E-state index in [0.29, 0.717) is 6.54 Å². The van der Waals surface area contributed by atoms with Crippen molar-refractivity contribution in [1.82, 2.24) is 10.2 Å². The minimum atomic E-state index is -0.451. The van der Waals surface area contributed by atoms with Crippen LogP contribution >= 0.6 is 0 Å². The van der Waals surface area contributed by atoms with Gasteiger partial charge >= 0.3 is 6.09 Å². The minimum absolute atomic E-state index is 0.139. The van der Waals surface area contributed by atoms with Crippen molar-refractivity contribution in [3.05, 3.63) is 0 Å². The predicted molar refractivity (Wildman–Crippen MR) is 63.2 cm³/mol. The summed E-state index contributed by atoms with van der Waals surface area (Å²) in [5.74, 6) is 0. The summed E-state index contributed by atoms with van der Waals surface area (Å²) in [6.07, 6.45) is 0.608. The molecule has 1 rings (SSSR count). The number of nitrogens with one attached hydrogen (secondary N) is 1. The fourth-order valence-electron chi connectivity index (χ4n) is 1.85. The zero-order valence-electron chi connectivity index (χ0n) is 10.6. The van der Waals surface area contributed by atoms with Crippen molar-refractivity contribution in [3.63, 3.8) is 0 Å². The highest BCUT2D eigenvalue weighted by Gasteiger charge is 2.29. The van der Waals surface area contributed by atoms with Gasteiger partial charge in [0.2, 0.25) is 0 Å². The molecule has 0 aromatic rings. The second-order valence-corrected chi connectivity index (χ2v) is 5.38. The molecule has 2 unspecified atom stereocenters. The monoisotopic (exact) mass is 229 g/mol. The molecule has 0 saturated carbocycles. The number of nitrogens with zero attached hydrogens (tertiary/aromatic N) is 1. The topological polar surface area (TPSA) is 67.6 Å². The molecule has 0 aromatic carbocycles. The number of rotatable bonds is 2. The average Bonchev–Trinajstić information content (AvgIpc) is 2.41. The summed E-state index contributed by atoms with van der Waals surface area (Å²) < 4.78 is 5.16. The van der Waals surface area contributed by atoms with Crippen LogP contribution in [0, 0.1) is 0 Å². The van der Waals surface area contributed by atoms with Gasteiger partial charge in [-0.1, -0.05) is 0 Å². The Bertz CT molecular complexity index is 240. The quantitative estimate of drug-likeness (QED) is 0.725. The number of likely N-dealkylation sites (tertiary alicyclic amines) is 1. The van der Waals surface area contributed by atoms with Crippen LogP contribution in [0.2, 0.25) is 0 Å². The maximum atomic E-state index is 11.4. The van der Waals surface area contributed by atoms with Crippen molar-refractivity contribution in [2.75, 3.05) is 20.1 Å². The number of hydrogen-bond donors (Lipinski definition) is 2. The third-order valence-electron chi connectivity index (χ3n) is 2.73. The Morgan fingerprint density at radius 2 is 2.19 bits per heavy atom. The van der Waals surface area contributed by atoms with E-state index in [2.05, 4.69) is 10.2 Å². The molecule has 1 aliphatic heterocycles. The van der Waals surface area contributed by atoms with Crippen LogP contribution in [0.3, 0.4) is 0 Å². The van der Waals surface area contributed by atoms with Crippen LogP contribution in [0.25, 0.3) is 0 Å². The lowest BCUT2D eigenvalue weighted by molar-refractivity contribution is 0.0515. The van der Waals surface area contributed by atoms with Gasteiger partial charge in [0.15, 0.2) is 0 Å². The molecule has 0 radical (unpaired) electrons. The van der Waals surface area contributed by atoms with E-state index >= 15 is 0 Å². The molecule has 1 fully saturated rings. The molecule has 1 heterocycles. The van der Waals surface area contributed by atoms with Crippen molar-refractivity contribution in [1.29, 1.82) is 0 Å². The number of likely N-dealkylation sites (N-methyl/N-ethyl adjacent to an activating group) is 1. The van der Waals surface area contributed by atoms with Gasteiger partial charge in [0, 0.05) is 18.6 Å². The molecule has 0 aliphatic carbocycles. The molecule has 16 heavy (non-hydrogen) atoms. The third kappa shape index (κ3) is 3.98. The Morgan fingerprint density at radius 1 is 1.56 bits per heavy atom. The number of nitrogens with two attached hydrogens (primary N) is 1. The summed E-state index contributed by atoms with van der Waals surface area (Å²) in [5.41, 5.74) is 5.50. The lowest BCUT2D eigenvalue weighted by atomic mass is 10.1. The summed E-state index contributed by atoms with van der Waals surface area (Å²) in [6, 6.07) is 0.354. The number of carbonyl (C=O) groups excluding carboxylic acids is 1. The van der Waals surface area contributed by atoms with E-state index < -0.39 is 5.60 Å². The standard InChI is InChI=1S/C11H23N3O2/c1-11(2,3)16-10(15)13-7-9-8(12)5-6-14(9)4/h8-9H,5-7,12H2,1-4H3,(H,13,15). The van der Waals surface area contributed by atoms with Crippen molar-refractivity contribution >= 4 is 6.09 Å². The SMILES string of the molecule is CN1CCC(N)C1CNC(=O)OC(C)(C)C. The molecule has 5 heteroatoms. The van der Waals surface area contributed by atoms with Gasteiger partial charge in [-0.3, -0.25) is 0 Å². The molecule has 5 nitrogen and oxygen atoms in total. The zero-order chi connectivity index (χ0) is 12.3. The number of alkyl carbamates (subject to hydrolysis) is 1. The zero-order valence-corrected chi connectivity index (χ0v) is 10.6. The first-order valence-corrected chi connectivity index (χ1v) is 5.72. The van der Waals surface area contributed by atoms with Gasteiger partial charge in [-0.2, -0.15) is 0 Å². The number of carbonyl (C=O) groups is 1. The van der Waals surface area contributed by atoms with Crippen LogP contribution < -0.4 is 11.1 Å². The lowest BCUT2D eigenvalue weighted by Crippen LogP contribution is -2.47. The molecular formula is C11H23N3O2. The summed E-state index contributed by atoms with van der Waals surface area (Å²) in [5, 5.41) is 2.76. The normalized spacial score (nSPS) is 26.8. The summed E-state index contributed by atoms with van der Waals surface area (Å²) >= 11 is 0. The van der Waals surface area contributed by atoms with Gasteiger partial charge in [0.05, 0.1) is 0 Å². The highest BCUT2D eigenvalue weighted by atomic mass is 16.6. The molecule has 1 amide bonds. The predicted octanol–water partition coefficient (Wildman–Crippen LogP) is 0.543.